The number of carbonyl (C=O) groups excluding carboxylic acids is 1. The Morgan fingerprint density at radius 3 is 2.52 bits per heavy atom. The average molecular weight is 359 g/mol. The van der Waals surface area contributed by atoms with Gasteiger partial charge < -0.3 is 4.42 Å². The van der Waals surface area contributed by atoms with Crippen molar-refractivity contribution in [2.75, 3.05) is 0 Å². The van der Waals surface area contributed by atoms with Crippen LogP contribution in [-0.4, -0.2) is 15.1 Å². The van der Waals surface area contributed by atoms with E-state index in [0.717, 1.165) is 11.6 Å². The molecular formula is C18H15ClN2O4. The van der Waals surface area contributed by atoms with Crippen LogP contribution in [0.4, 0.5) is 5.69 Å². The van der Waals surface area contributed by atoms with Gasteiger partial charge in [0.2, 0.25) is 5.89 Å². The van der Waals surface area contributed by atoms with Crippen molar-refractivity contribution in [3.63, 3.8) is 0 Å². The minimum Gasteiger partial charge on any atom is -0.436 e. The Kier molecular flexibility index (Phi) is 4.08. The molecule has 1 heterocycles. The van der Waals surface area contributed by atoms with Gasteiger partial charge >= 0.3 is 0 Å². The van der Waals surface area contributed by atoms with Crippen molar-refractivity contribution in [2.45, 2.75) is 26.2 Å². The highest BCUT2D eigenvalue weighted by Crippen LogP contribution is 2.31. The Hall–Kier alpha value is -2.73. The SMILES string of the molecule is CC(C)(C)c1ccc2oc(-c3cc(C(=O)Cl)cc([N+](=O)[O-])c3)nc2c1. The van der Waals surface area contributed by atoms with Crippen molar-refractivity contribution < 1.29 is 14.1 Å². The molecule has 2 aromatic carbocycles. The third-order valence-electron chi connectivity index (χ3n) is 3.86. The number of oxazole rings is 1. The lowest BCUT2D eigenvalue weighted by Gasteiger charge is -2.18. The smallest absolute Gasteiger partial charge is 0.271 e. The Bertz CT molecular complexity index is 970. The summed E-state index contributed by atoms with van der Waals surface area (Å²) in [5.41, 5.74) is 2.35. The number of nitro benzene ring substituents is 1. The lowest BCUT2D eigenvalue weighted by molar-refractivity contribution is -0.384. The zero-order valence-corrected chi connectivity index (χ0v) is 14.6. The first-order valence-electron chi connectivity index (χ1n) is 7.56. The van der Waals surface area contributed by atoms with Gasteiger partial charge in [-0.3, -0.25) is 14.9 Å². The molecule has 0 unspecified atom stereocenters. The maximum atomic E-state index is 11.4. The number of nitro groups is 1. The molecular weight excluding hydrogens is 344 g/mol. The highest BCUT2D eigenvalue weighted by Gasteiger charge is 2.19. The number of fused-ring (bicyclic) bond motifs is 1. The van der Waals surface area contributed by atoms with E-state index in [4.69, 9.17) is 16.0 Å². The van der Waals surface area contributed by atoms with E-state index in [1.54, 1.807) is 0 Å². The van der Waals surface area contributed by atoms with Crippen molar-refractivity contribution in [3.05, 3.63) is 57.6 Å². The lowest BCUT2D eigenvalue weighted by Crippen LogP contribution is -2.10. The predicted molar refractivity (Wildman–Crippen MR) is 95.0 cm³/mol. The minimum absolute atomic E-state index is 0.0171. The van der Waals surface area contributed by atoms with E-state index in [-0.39, 0.29) is 22.6 Å². The molecule has 0 amide bonds. The molecule has 7 heteroatoms. The molecule has 128 valence electrons. The van der Waals surface area contributed by atoms with Crippen LogP contribution in [0.3, 0.4) is 0 Å². The number of hydrogen-bond acceptors (Lipinski definition) is 5. The molecule has 3 aromatic rings. The third kappa shape index (κ3) is 3.39. The molecule has 0 aliphatic rings. The van der Waals surface area contributed by atoms with E-state index in [9.17, 15) is 14.9 Å². The van der Waals surface area contributed by atoms with Gasteiger partial charge in [-0.1, -0.05) is 26.8 Å². The van der Waals surface area contributed by atoms with E-state index >= 15 is 0 Å². The fourth-order valence-corrected chi connectivity index (χ4v) is 2.58. The molecule has 0 saturated heterocycles. The standard InChI is InChI=1S/C18H15ClN2O4/c1-18(2,3)12-4-5-15-14(9-12)20-17(25-15)11-6-10(16(19)22)7-13(8-11)21(23)24/h4-9H,1-3H3. The van der Waals surface area contributed by atoms with Crippen LogP contribution in [0.2, 0.25) is 0 Å². The summed E-state index contributed by atoms with van der Waals surface area (Å²) < 4.78 is 5.70. The topological polar surface area (TPSA) is 86.2 Å². The molecule has 3 rings (SSSR count). The molecule has 0 fully saturated rings. The van der Waals surface area contributed by atoms with Gasteiger partial charge in [0.25, 0.3) is 10.9 Å². The fraction of sp³-hybridized carbons (Fsp3) is 0.222. The van der Waals surface area contributed by atoms with E-state index < -0.39 is 10.2 Å². The maximum absolute atomic E-state index is 11.4. The number of halogens is 1. The Balaban J connectivity index is 2.16. The Morgan fingerprint density at radius 1 is 1.20 bits per heavy atom. The molecule has 0 bridgehead atoms. The second-order valence-corrected chi connectivity index (χ2v) is 7.09. The molecule has 25 heavy (non-hydrogen) atoms. The molecule has 0 spiro atoms. The van der Waals surface area contributed by atoms with Crippen LogP contribution in [0.25, 0.3) is 22.6 Å². The van der Waals surface area contributed by atoms with Crippen molar-refractivity contribution in [1.29, 1.82) is 0 Å². The molecule has 0 atom stereocenters. The minimum atomic E-state index is -0.781. The average Bonchev–Trinajstić information content (AvgIpc) is 2.96. The first-order valence-corrected chi connectivity index (χ1v) is 7.94. The van der Waals surface area contributed by atoms with Crippen LogP contribution in [-0.2, 0) is 5.41 Å². The van der Waals surface area contributed by atoms with Crippen LogP contribution in [0.15, 0.2) is 40.8 Å². The second kappa shape index (κ2) is 5.97. The number of benzene rings is 2. The summed E-state index contributed by atoms with van der Waals surface area (Å²) in [6.07, 6.45) is 0. The summed E-state index contributed by atoms with van der Waals surface area (Å²) in [5, 5.41) is 10.3. The van der Waals surface area contributed by atoms with Crippen molar-refractivity contribution in [3.8, 4) is 11.5 Å². The van der Waals surface area contributed by atoms with Crippen LogP contribution in [0.1, 0.15) is 36.7 Å². The summed E-state index contributed by atoms with van der Waals surface area (Å²) in [6, 6.07) is 9.55. The number of non-ortho nitro benzene ring substituents is 1. The number of hydrogen-bond donors (Lipinski definition) is 0. The van der Waals surface area contributed by atoms with Gasteiger partial charge in [0.05, 0.1) is 4.92 Å². The van der Waals surface area contributed by atoms with Crippen LogP contribution in [0.5, 0.6) is 0 Å². The Morgan fingerprint density at radius 2 is 1.92 bits per heavy atom. The first kappa shape index (κ1) is 17.1. The van der Waals surface area contributed by atoms with E-state index in [2.05, 4.69) is 25.8 Å². The zero-order valence-electron chi connectivity index (χ0n) is 13.9. The summed E-state index contributed by atoms with van der Waals surface area (Å²) in [7, 11) is 0. The molecule has 0 N–H and O–H groups in total. The molecule has 0 radical (unpaired) electrons. The number of aromatic nitrogens is 1. The van der Waals surface area contributed by atoms with Crippen LogP contribution in [0, 0.1) is 10.1 Å². The Labute approximate surface area is 148 Å². The van der Waals surface area contributed by atoms with Gasteiger partial charge in [-0.05, 0) is 40.8 Å². The highest BCUT2D eigenvalue weighted by atomic mass is 35.5. The van der Waals surface area contributed by atoms with Gasteiger partial charge in [-0.2, -0.15) is 0 Å². The molecule has 0 saturated carbocycles. The highest BCUT2D eigenvalue weighted by molar-refractivity contribution is 6.67. The van der Waals surface area contributed by atoms with E-state index in [1.807, 2.05) is 18.2 Å². The number of carbonyl (C=O) groups is 1. The van der Waals surface area contributed by atoms with Gasteiger partial charge in [0.15, 0.2) is 5.58 Å². The van der Waals surface area contributed by atoms with Crippen molar-refractivity contribution in [2.24, 2.45) is 0 Å². The van der Waals surface area contributed by atoms with Crippen LogP contribution < -0.4 is 0 Å². The first-order chi connectivity index (χ1) is 11.6. The summed E-state index contributed by atoms with van der Waals surface area (Å²) >= 11 is 5.48. The summed E-state index contributed by atoms with van der Waals surface area (Å²) in [4.78, 5) is 26.3. The van der Waals surface area contributed by atoms with E-state index in [1.165, 1.54) is 12.1 Å². The monoisotopic (exact) mass is 358 g/mol. The summed E-state index contributed by atoms with van der Waals surface area (Å²) in [6.45, 7) is 6.27. The molecule has 0 aliphatic heterocycles. The largest absolute Gasteiger partial charge is 0.436 e. The third-order valence-corrected chi connectivity index (χ3v) is 4.07. The fourth-order valence-electron chi connectivity index (χ4n) is 2.47. The number of nitrogens with zero attached hydrogens (tertiary/aromatic N) is 2. The lowest BCUT2D eigenvalue weighted by atomic mass is 9.87. The summed E-state index contributed by atoms with van der Waals surface area (Å²) in [5.74, 6) is 0.198. The maximum Gasteiger partial charge on any atom is 0.271 e. The van der Waals surface area contributed by atoms with Crippen LogP contribution >= 0.6 is 11.6 Å². The molecule has 6 nitrogen and oxygen atoms in total. The van der Waals surface area contributed by atoms with Gasteiger partial charge in [0, 0.05) is 23.3 Å². The quantitative estimate of drug-likeness (QED) is 0.370. The van der Waals surface area contributed by atoms with E-state index in [0.29, 0.717) is 16.7 Å². The van der Waals surface area contributed by atoms with Gasteiger partial charge in [-0.25, -0.2) is 4.98 Å². The van der Waals surface area contributed by atoms with Crippen molar-refractivity contribution >= 4 is 33.6 Å². The molecule has 1 aromatic heterocycles. The van der Waals surface area contributed by atoms with Gasteiger partial charge in [0.1, 0.15) is 5.52 Å². The predicted octanol–water partition coefficient (Wildman–Crippen LogP) is 5.08. The second-order valence-electron chi connectivity index (χ2n) is 6.75. The van der Waals surface area contributed by atoms with Crippen molar-refractivity contribution in [1.82, 2.24) is 4.98 Å². The molecule has 0 aliphatic carbocycles. The zero-order chi connectivity index (χ0) is 18.4. The normalized spacial score (nSPS) is 11.7. The number of rotatable bonds is 3. The van der Waals surface area contributed by atoms with Gasteiger partial charge in [-0.15, -0.1) is 0 Å².